The molecule has 0 aliphatic heterocycles. The third-order valence-corrected chi connectivity index (χ3v) is 4.23. The Kier molecular flexibility index (Phi) is 6.16. The highest BCUT2D eigenvalue weighted by molar-refractivity contribution is 5.87. The summed E-state index contributed by atoms with van der Waals surface area (Å²) in [7, 11) is 1.61. The molecule has 28 heavy (non-hydrogen) atoms. The van der Waals surface area contributed by atoms with E-state index < -0.39 is 5.97 Å². The number of hydrogen-bond acceptors (Lipinski definition) is 6. The lowest BCUT2D eigenvalue weighted by molar-refractivity contribution is -0.147. The summed E-state index contributed by atoms with van der Waals surface area (Å²) < 4.78 is 15.4. The molecular formula is C21H21NO6. The molecule has 0 saturated carbocycles. The number of methoxy groups -OCH3 is 1. The van der Waals surface area contributed by atoms with Crippen LogP contribution in [-0.4, -0.2) is 37.2 Å². The van der Waals surface area contributed by atoms with Gasteiger partial charge in [-0.2, -0.15) is 0 Å². The van der Waals surface area contributed by atoms with Crippen molar-refractivity contribution in [2.75, 3.05) is 20.3 Å². The highest BCUT2D eigenvalue weighted by Crippen LogP contribution is 2.25. The highest BCUT2D eigenvalue weighted by atomic mass is 16.5. The predicted octanol–water partition coefficient (Wildman–Crippen LogP) is 2.59. The van der Waals surface area contributed by atoms with E-state index in [4.69, 9.17) is 13.9 Å². The summed E-state index contributed by atoms with van der Waals surface area (Å²) in [6.07, 6.45) is 2.09. The summed E-state index contributed by atoms with van der Waals surface area (Å²) in [5.74, 6) is -0.0193. The number of nitrogens with one attached hydrogen (secondary N) is 1. The molecule has 0 radical (unpaired) electrons. The van der Waals surface area contributed by atoms with Gasteiger partial charge in [0.2, 0.25) is 0 Å². The standard InChI is InChI=1S/C21H21NO6/c1-26-17-5-2-14(3-6-17)8-9-22-20(24)13-28-21(25)10-15-12-27-19-11-16(23)4-7-18(15)19/h2-7,11-12,23H,8-10,13H2,1H3,(H,22,24). The van der Waals surface area contributed by atoms with Crippen LogP contribution in [0.25, 0.3) is 11.0 Å². The van der Waals surface area contributed by atoms with Gasteiger partial charge in [-0.15, -0.1) is 0 Å². The molecule has 1 aromatic heterocycles. The van der Waals surface area contributed by atoms with E-state index in [-0.39, 0.29) is 24.7 Å². The maximum absolute atomic E-state index is 12.0. The summed E-state index contributed by atoms with van der Waals surface area (Å²) in [6, 6.07) is 12.2. The first-order valence-corrected chi connectivity index (χ1v) is 8.79. The Bertz CT molecular complexity index is 961. The van der Waals surface area contributed by atoms with Crippen LogP contribution < -0.4 is 10.1 Å². The smallest absolute Gasteiger partial charge is 0.310 e. The Morgan fingerprint density at radius 2 is 1.93 bits per heavy atom. The van der Waals surface area contributed by atoms with E-state index in [0.29, 0.717) is 24.1 Å². The van der Waals surface area contributed by atoms with Crippen LogP contribution in [0, 0.1) is 0 Å². The van der Waals surface area contributed by atoms with Crippen molar-refractivity contribution in [3.05, 3.63) is 59.9 Å². The van der Waals surface area contributed by atoms with Gasteiger partial charge < -0.3 is 24.3 Å². The molecule has 0 fully saturated rings. The molecule has 7 heteroatoms. The molecule has 0 aliphatic carbocycles. The molecular weight excluding hydrogens is 362 g/mol. The molecule has 0 saturated heterocycles. The Labute approximate surface area is 161 Å². The average molecular weight is 383 g/mol. The fourth-order valence-corrected chi connectivity index (χ4v) is 2.75. The van der Waals surface area contributed by atoms with E-state index in [1.807, 2.05) is 24.3 Å². The van der Waals surface area contributed by atoms with E-state index in [2.05, 4.69) is 5.32 Å². The number of hydrogen-bond donors (Lipinski definition) is 2. The number of aromatic hydroxyl groups is 1. The van der Waals surface area contributed by atoms with Crippen LogP contribution >= 0.6 is 0 Å². The van der Waals surface area contributed by atoms with Crippen molar-refractivity contribution in [2.45, 2.75) is 12.8 Å². The Hall–Kier alpha value is -3.48. The third kappa shape index (κ3) is 5.03. The van der Waals surface area contributed by atoms with Gasteiger partial charge in [0.15, 0.2) is 6.61 Å². The number of ether oxygens (including phenoxy) is 2. The lowest BCUT2D eigenvalue weighted by Gasteiger charge is -2.07. The lowest BCUT2D eigenvalue weighted by Crippen LogP contribution is -2.30. The van der Waals surface area contributed by atoms with Gasteiger partial charge in [0.1, 0.15) is 17.1 Å². The van der Waals surface area contributed by atoms with Gasteiger partial charge in [0, 0.05) is 23.6 Å². The minimum Gasteiger partial charge on any atom is -0.508 e. The molecule has 1 amide bonds. The van der Waals surface area contributed by atoms with Gasteiger partial charge in [-0.25, -0.2) is 0 Å². The molecule has 0 aliphatic rings. The van der Waals surface area contributed by atoms with Crippen molar-refractivity contribution in [1.82, 2.24) is 5.32 Å². The van der Waals surface area contributed by atoms with E-state index in [1.165, 1.54) is 18.4 Å². The molecule has 3 rings (SSSR count). The van der Waals surface area contributed by atoms with E-state index in [1.54, 1.807) is 13.2 Å². The van der Waals surface area contributed by atoms with Crippen LogP contribution in [0.5, 0.6) is 11.5 Å². The minimum atomic E-state index is -0.527. The van der Waals surface area contributed by atoms with E-state index >= 15 is 0 Å². The summed E-state index contributed by atoms with van der Waals surface area (Å²) in [6.45, 7) is 0.108. The number of benzene rings is 2. The Balaban J connectivity index is 1.40. The lowest BCUT2D eigenvalue weighted by atomic mass is 10.1. The molecule has 2 N–H and O–H groups in total. The number of amides is 1. The zero-order chi connectivity index (χ0) is 19.9. The van der Waals surface area contributed by atoms with Gasteiger partial charge in [0.25, 0.3) is 5.91 Å². The summed E-state index contributed by atoms with van der Waals surface area (Å²) in [5.41, 5.74) is 2.19. The second-order valence-corrected chi connectivity index (χ2v) is 6.23. The SMILES string of the molecule is COc1ccc(CCNC(=O)COC(=O)Cc2coc3cc(O)ccc23)cc1. The van der Waals surface area contributed by atoms with Crippen molar-refractivity contribution < 1.29 is 28.6 Å². The Morgan fingerprint density at radius 3 is 2.68 bits per heavy atom. The molecule has 0 unspecified atom stereocenters. The minimum absolute atomic E-state index is 0.0170. The number of phenols is 1. The van der Waals surface area contributed by atoms with Crippen LogP contribution in [-0.2, 0) is 27.2 Å². The van der Waals surface area contributed by atoms with Crippen LogP contribution in [0.4, 0.5) is 0 Å². The normalized spacial score (nSPS) is 10.6. The van der Waals surface area contributed by atoms with E-state index in [0.717, 1.165) is 16.7 Å². The maximum atomic E-state index is 12.0. The molecule has 0 atom stereocenters. The van der Waals surface area contributed by atoms with Crippen LogP contribution in [0.15, 0.2) is 53.1 Å². The van der Waals surface area contributed by atoms with Crippen molar-refractivity contribution in [2.24, 2.45) is 0 Å². The Morgan fingerprint density at radius 1 is 1.14 bits per heavy atom. The number of rotatable bonds is 8. The number of carbonyl (C=O) groups is 2. The monoisotopic (exact) mass is 383 g/mol. The van der Waals surface area contributed by atoms with Gasteiger partial charge in [-0.1, -0.05) is 12.1 Å². The second kappa shape index (κ2) is 8.94. The zero-order valence-corrected chi connectivity index (χ0v) is 15.4. The summed E-state index contributed by atoms with van der Waals surface area (Å²) in [4.78, 5) is 23.8. The molecule has 146 valence electrons. The number of carbonyl (C=O) groups excluding carboxylic acids is 2. The highest BCUT2D eigenvalue weighted by Gasteiger charge is 2.13. The van der Waals surface area contributed by atoms with Gasteiger partial charge >= 0.3 is 5.97 Å². The van der Waals surface area contributed by atoms with Crippen molar-refractivity contribution in [3.8, 4) is 11.5 Å². The predicted molar refractivity (Wildman–Crippen MR) is 102 cm³/mol. The number of fused-ring (bicyclic) bond motifs is 1. The van der Waals surface area contributed by atoms with E-state index in [9.17, 15) is 14.7 Å². The van der Waals surface area contributed by atoms with Crippen molar-refractivity contribution >= 4 is 22.8 Å². The van der Waals surface area contributed by atoms with Gasteiger partial charge in [-0.05, 0) is 36.2 Å². The molecule has 3 aromatic rings. The van der Waals surface area contributed by atoms with Crippen LogP contribution in [0.3, 0.4) is 0 Å². The number of furan rings is 1. The molecule has 0 spiro atoms. The quantitative estimate of drug-likeness (QED) is 0.580. The average Bonchev–Trinajstić information content (AvgIpc) is 3.08. The van der Waals surface area contributed by atoms with Crippen molar-refractivity contribution in [1.29, 1.82) is 0 Å². The summed E-state index contributed by atoms with van der Waals surface area (Å²) >= 11 is 0. The topological polar surface area (TPSA) is 98.0 Å². The first-order valence-electron chi connectivity index (χ1n) is 8.79. The first kappa shape index (κ1) is 19.3. The molecule has 0 bridgehead atoms. The molecule has 1 heterocycles. The fourth-order valence-electron chi connectivity index (χ4n) is 2.75. The van der Waals surface area contributed by atoms with Crippen molar-refractivity contribution in [3.63, 3.8) is 0 Å². The van der Waals surface area contributed by atoms with Gasteiger partial charge in [0.05, 0.1) is 19.8 Å². The number of phenolic OH excluding ortho intramolecular Hbond substituents is 1. The summed E-state index contributed by atoms with van der Waals surface area (Å²) in [5, 5.41) is 12.9. The molecule has 2 aromatic carbocycles. The van der Waals surface area contributed by atoms with Crippen LogP contribution in [0.2, 0.25) is 0 Å². The first-order chi connectivity index (χ1) is 13.5. The van der Waals surface area contributed by atoms with Crippen LogP contribution in [0.1, 0.15) is 11.1 Å². The van der Waals surface area contributed by atoms with Gasteiger partial charge in [-0.3, -0.25) is 9.59 Å². The third-order valence-electron chi connectivity index (χ3n) is 4.23. The number of esters is 1. The zero-order valence-electron chi connectivity index (χ0n) is 15.4. The molecule has 7 nitrogen and oxygen atoms in total. The largest absolute Gasteiger partial charge is 0.508 e. The second-order valence-electron chi connectivity index (χ2n) is 6.23. The maximum Gasteiger partial charge on any atom is 0.310 e. The fraction of sp³-hybridized carbons (Fsp3) is 0.238.